The van der Waals surface area contributed by atoms with Crippen molar-refractivity contribution in [2.24, 2.45) is 0 Å². The molecule has 0 aliphatic rings. The van der Waals surface area contributed by atoms with Gasteiger partial charge in [-0.15, -0.1) is 11.8 Å². The first-order valence-corrected chi connectivity index (χ1v) is 8.09. The molecule has 7 heteroatoms. The minimum Gasteiger partial charge on any atom is -0.398 e. The van der Waals surface area contributed by atoms with Crippen LogP contribution in [0.5, 0.6) is 0 Å². The Bertz CT molecular complexity index is 580. The van der Waals surface area contributed by atoms with Crippen molar-refractivity contribution >= 4 is 47.6 Å². The number of hydrogen-bond acceptors (Lipinski definition) is 3. The van der Waals surface area contributed by atoms with E-state index < -0.39 is 10.0 Å². The number of halogens is 2. The van der Waals surface area contributed by atoms with Gasteiger partial charge in [-0.1, -0.05) is 15.9 Å². The molecule has 0 aliphatic carbocycles. The Balaban J connectivity index is 3.01. The number of hydrogen-bond donors (Lipinski definition) is 2. The second-order valence-electron chi connectivity index (χ2n) is 3.38. The van der Waals surface area contributed by atoms with Gasteiger partial charge in [0.15, 0.2) is 0 Å². The van der Waals surface area contributed by atoms with Crippen molar-refractivity contribution in [3.63, 3.8) is 0 Å². The van der Waals surface area contributed by atoms with Crippen LogP contribution < -0.4 is 10.5 Å². The van der Waals surface area contributed by atoms with Gasteiger partial charge in [0.05, 0.1) is 5.69 Å². The average Bonchev–Trinajstić information content (AvgIpc) is 2.22. The van der Waals surface area contributed by atoms with Crippen molar-refractivity contribution < 1.29 is 8.42 Å². The first-order chi connectivity index (χ1) is 8.38. The molecule has 0 saturated heterocycles. The number of anilines is 1. The predicted octanol–water partition coefficient (Wildman–Crippen LogP) is 2.49. The topological polar surface area (TPSA) is 72.2 Å². The van der Waals surface area contributed by atoms with E-state index in [4.69, 9.17) is 5.73 Å². The summed E-state index contributed by atoms with van der Waals surface area (Å²) in [4.78, 5) is 0.0511. The fourth-order valence-corrected chi connectivity index (χ4v) is 4.41. The Labute approximate surface area is 124 Å². The van der Waals surface area contributed by atoms with Gasteiger partial charge in [0.1, 0.15) is 4.90 Å². The van der Waals surface area contributed by atoms with Gasteiger partial charge < -0.3 is 5.73 Å². The summed E-state index contributed by atoms with van der Waals surface area (Å²) in [5.41, 5.74) is 5.92. The maximum atomic E-state index is 12.1. The second-order valence-corrected chi connectivity index (χ2v) is 6.85. The minimum atomic E-state index is -3.63. The number of nitrogen functional groups attached to an aromatic ring is 1. The maximum absolute atomic E-state index is 12.1. The summed E-state index contributed by atoms with van der Waals surface area (Å²) in [5.74, 6) is 5.48. The van der Waals surface area contributed by atoms with Crippen LogP contribution in [-0.2, 0) is 10.0 Å². The summed E-state index contributed by atoms with van der Waals surface area (Å²) in [6.45, 7) is 1.96. The van der Waals surface area contributed by atoms with E-state index in [1.54, 1.807) is 19.1 Å². The van der Waals surface area contributed by atoms with Gasteiger partial charge in [0.2, 0.25) is 10.0 Å². The average molecular weight is 396 g/mol. The third kappa shape index (κ3) is 3.99. The number of benzene rings is 1. The third-order valence-electron chi connectivity index (χ3n) is 2.02. The lowest BCUT2D eigenvalue weighted by atomic mass is 10.3. The summed E-state index contributed by atoms with van der Waals surface area (Å²) in [6, 6.07) is 3.18. The lowest BCUT2D eigenvalue weighted by molar-refractivity contribution is 0.582. The Morgan fingerprint density at radius 3 is 2.61 bits per heavy atom. The highest BCUT2D eigenvalue weighted by atomic mass is 79.9. The van der Waals surface area contributed by atoms with Gasteiger partial charge in [0.25, 0.3) is 0 Å². The Morgan fingerprint density at radius 1 is 1.39 bits per heavy atom. The normalized spacial score (nSPS) is 10.8. The molecule has 0 unspecified atom stereocenters. The largest absolute Gasteiger partial charge is 0.398 e. The highest BCUT2D eigenvalue weighted by Gasteiger charge is 2.20. The Kier molecular flexibility index (Phi) is 5.66. The third-order valence-corrected chi connectivity index (χ3v) is 4.95. The van der Waals surface area contributed by atoms with Crippen molar-refractivity contribution in [2.45, 2.75) is 18.2 Å². The van der Waals surface area contributed by atoms with Crippen LogP contribution in [0.3, 0.4) is 0 Å². The number of rotatable bonds is 4. The maximum Gasteiger partial charge on any atom is 0.243 e. The fourth-order valence-electron chi connectivity index (χ4n) is 1.31. The lowest BCUT2D eigenvalue weighted by Crippen LogP contribution is -2.25. The van der Waals surface area contributed by atoms with Crippen molar-refractivity contribution in [1.82, 2.24) is 4.72 Å². The molecule has 0 atom stereocenters. The first-order valence-electron chi connectivity index (χ1n) is 5.02. The van der Waals surface area contributed by atoms with E-state index in [9.17, 15) is 8.42 Å². The quantitative estimate of drug-likeness (QED) is 0.467. The molecule has 0 heterocycles. The van der Waals surface area contributed by atoms with Gasteiger partial charge in [-0.3, -0.25) is 0 Å². The molecule has 0 amide bonds. The molecular weight excluding hydrogens is 384 g/mol. The zero-order valence-corrected chi connectivity index (χ0v) is 13.6. The molecule has 4 nitrogen and oxygen atoms in total. The molecule has 0 radical (unpaired) electrons. The molecule has 1 rings (SSSR count). The highest BCUT2D eigenvalue weighted by molar-refractivity contribution is 9.11. The van der Waals surface area contributed by atoms with Crippen molar-refractivity contribution in [2.75, 3.05) is 12.3 Å². The minimum absolute atomic E-state index is 0.0511. The van der Waals surface area contributed by atoms with Gasteiger partial charge >= 0.3 is 0 Å². The van der Waals surface area contributed by atoms with Crippen LogP contribution in [0.1, 0.15) is 13.3 Å². The Hall–Kier alpha value is -0.550. The van der Waals surface area contributed by atoms with Gasteiger partial charge in [0, 0.05) is 21.9 Å². The summed E-state index contributed by atoms with van der Waals surface area (Å²) in [6.07, 6.45) is 0.462. The van der Waals surface area contributed by atoms with E-state index in [0.29, 0.717) is 15.4 Å². The van der Waals surface area contributed by atoms with Crippen LogP contribution in [0.2, 0.25) is 0 Å². The number of nitrogens with two attached hydrogens (primary N) is 1. The van der Waals surface area contributed by atoms with E-state index >= 15 is 0 Å². The molecule has 3 N–H and O–H groups in total. The predicted molar refractivity (Wildman–Crippen MR) is 79.5 cm³/mol. The molecule has 0 saturated carbocycles. The van der Waals surface area contributed by atoms with Crippen LogP contribution in [-0.4, -0.2) is 15.0 Å². The van der Waals surface area contributed by atoms with Crippen LogP contribution in [0.25, 0.3) is 0 Å². The van der Waals surface area contributed by atoms with Crippen LogP contribution >= 0.6 is 31.9 Å². The summed E-state index contributed by atoms with van der Waals surface area (Å²) < 4.78 is 27.7. The summed E-state index contributed by atoms with van der Waals surface area (Å²) >= 11 is 6.44. The molecule has 98 valence electrons. The van der Waals surface area contributed by atoms with Crippen molar-refractivity contribution in [3.05, 3.63) is 21.1 Å². The molecule has 0 spiro atoms. The summed E-state index contributed by atoms with van der Waals surface area (Å²) in [5, 5.41) is 0. The van der Waals surface area contributed by atoms with E-state index in [2.05, 4.69) is 48.4 Å². The Morgan fingerprint density at radius 2 is 2.06 bits per heavy atom. The zero-order valence-electron chi connectivity index (χ0n) is 9.63. The number of nitrogens with one attached hydrogen (secondary N) is 1. The SMILES string of the molecule is CC#CCCNS(=O)(=O)c1c(N)cc(Br)cc1Br. The number of sulfonamides is 1. The van der Waals surface area contributed by atoms with Crippen LogP contribution in [0.15, 0.2) is 26.0 Å². The fraction of sp³-hybridized carbons (Fsp3) is 0.273. The molecule has 18 heavy (non-hydrogen) atoms. The summed E-state index contributed by atoms with van der Waals surface area (Å²) in [7, 11) is -3.63. The van der Waals surface area contributed by atoms with Crippen LogP contribution in [0.4, 0.5) is 5.69 Å². The molecule has 0 fully saturated rings. The van der Waals surface area contributed by atoms with Gasteiger partial charge in [-0.2, -0.15) is 0 Å². The molecule has 1 aromatic carbocycles. The smallest absolute Gasteiger partial charge is 0.243 e. The highest BCUT2D eigenvalue weighted by Crippen LogP contribution is 2.31. The van der Waals surface area contributed by atoms with E-state index in [-0.39, 0.29) is 17.1 Å². The van der Waals surface area contributed by atoms with E-state index in [1.165, 1.54) is 0 Å². The van der Waals surface area contributed by atoms with Crippen molar-refractivity contribution in [1.29, 1.82) is 0 Å². The van der Waals surface area contributed by atoms with E-state index in [1.807, 2.05) is 0 Å². The van der Waals surface area contributed by atoms with E-state index in [0.717, 1.165) is 0 Å². The van der Waals surface area contributed by atoms with Crippen molar-refractivity contribution in [3.8, 4) is 11.8 Å². The second kappa shape index (κ2) is 6.57. The monoisotopic (exact) mass is 394 g/mol. The van der Waals surface area contributed by atoms with Gasteiger partial charge in [-0.05, 0) is 35.0 Å². The molecule has 1 aromatic rings. The molecule has 0 aromatic heterocycles. The molecular formula is C11H12Br2N2O2S. The standard InChI is InChI=1S/C11H12Br2N2O2S/c1-2-3-4-5-15-18(16,17)11-9(13)6-8(12)7-10(11)14/h6-7,15H,4-5,14H2,1H3. The molecule has 0 bridgehead atoms. The molecule has 0 aliphatic heterocycles. The van der Waals surface area contributed by atoms with Crippen LogP contribution in [0, 0.1) is 11.8 Å². The van der Waals surface area contributed by atoms with Gasteiger partial charge in [-0.25, -0.2) is 13.1 Å². The lowest BCUT2D eigenvalue weighted by Gasteiger charge is -2.10. The zero-order chi connectivity index (χ0) is 13.8. The first kappa shape index (κ1) is 15.5.